The number of benzene rings is 9. The van der Waals surface area contributed by atoms with Gasteiger partial charge in [0.15, 0.2) is 0 Å². The van der Waals surface area contributed by atoms with Crippen LogP contribution < -0.4 is 9.80 Å². The molecule has 0 saturated carbocycles. The first-order valence-corrected chi connectivity index (χ1v) is 26.4. The minimum Gasteiger partial charge on any atom is -0.310 e. The lowest BCUT2D eigenvalue weighted by Crippen LogP contribution is -2.50. The van der Waals surface area contributed by atoms with Crippen LogP contribution in [0.2, 0.25) is 0 Å². The van der Waals surface area contributed by atoms with E-state index < -0.39 is 0 Å². The second-order valence-electron chi connectivity index (χ2n) is 23.8. The van der Waals surface area contributed by atoms with Crippen LogP contribution in [0.3, 0.4) is 0 Å². The summed E-state index contributed by atoms with van der Waals surface area (Å²) in [7, 11) is 0. The van der Waals surface area contributed by atoms with Crippen molar-refractivity contribution in [2.75, 3.05) is 9.80 Å². The Hall–Kier alpha value is -6.64. The lowest BCUT2D eigenvalue weighted by molar-refractivity contribution is 0.0977. The van der Waals surface area contributed by atoms with Crippen molar-refractivity contribution in [1.29, 1.82) is 0 Å². The second kappa shape index (κ2) is 17.9. The van der Waals surface area contributed by atoms with Crippen LogP contribution >= 0.6 is 0 Å². The average molecular weight is 931 g/mol. The van der Waals surface area contributed by atoms with Gasteiger partial charge in [0, 0.05) is 39.5 Å². The summed E-state index contributed by atoms with van der Waals surface area (Å²) in [6.45, 7) is 33.1. The van der Waals surface area contributed by atoms with Crippen LogP contribution in [0.5, 0.6) is 0 Å². The van der Waals surface area contributed by atoms with Crippen molar-refractivity contribution in [2.24, 2.45) is 10.8 Å². The maximum Gasteiger partial charge on any atom is 0.0468 e. The minimum atomic E-state index is -0.381. The van der Waals surface area contributed by atoms with Crippen LogP contribution in [0.15, 0.2) is 170 Å². The third-order valence-corrected chi connectivity index (χ3v) is 16.1. The first kappa shape index (κ1) is 48.0. The van der Waals surface area contributed by atoms with Crippen LogP contribution in [0.25, 0.3) is 43.4 Å². The largest absolute Gasteiger partial charge is 0.310 e. The fourth-order valence-electron chi connectivity index (χ4n) is 12.7. The van der Waals surface area contributed by atoms with Crippen molar-refractivity contribution in [3.8, 4) is 11.1 Å². The number of nitrogens with zero attached hydrogens (tertiary/aromatic N) is 2. The maximum absolute atomic E-state index is 2.49. The molecule has 2 heteroatoms. The van der Waals surface area contributed by atoms with E-state index in [4.69, 9.17) is 0 Å². The zero-order valence-corrected chi connectivity index (χ0v) is 44.9. The SMILES string of the molecule is CC(C)c1ccc(N(c2ccc(C(C)C)cc2)c2ccc3c4c(ccc3c2)-c2c(c3ccc(N(c5ccc(C(C)C)cc5)c5ccc(C(C)C)cc5)cc3c3ccccc23)C4(C(C)(C)C)C(C)(C)C)cc1. The fourth-order valence-corrected chi connectivity index (χ4v) is 12.7. The van der Waals surface area contributed by atoms with Crippen molar-refractivity contribution < 1.29 is 0 Å². The van der Waals surface area contributed by atoms with Crippen LogP contribution in [0.4, 0.5) is 34.1 Å². The van der Waals surface area contributed by atoms with E-state index in [9.17, 15) is 0 Å². The molecule has 9 aromatic carbocycles. The highest BCUT2D eigenvalue weighted by molar-refractivity contribution is 6.20. The highest BCUT2D eigenvalue weighted by Crippen LogP contribution is 2.68. The molecular formula is C69H74N2. The van der Waals surface area contributed by atoms with Crippen molar-refractivity contribution in [2.45, 2.75) is 126 Å². The maximum atomic E-state index is 2.49. The fraction of sp³-hybridized carbons (Fsp3) is 0.304. The van der Waals surface area contributed by atoms with E-state index in [1.54, 1.807) is 0 Å². The Labute approximate surface area is 425 Å². The third-order valence-electron chi connectivity index (χ3n) is 16.1. The molecule has 1 aliphatic carbocycles. The van der Waals surface area contributed by atoms with Gasteiger partial charge in [-0.15, -0.1) is 0 Å². The molecule has 0 fully saturated rings. The van der Waals surface area contributed by atoms with E-state index in [1.807, 2.05) is 0 Å². The van der Waals surface area contributed by atoms with Gasteiger partial charge in [-0.25, -0.2) is 0 Å². The summed E-state index contributed by atoms with van der Waals surface area (Å²) >= 11 is 0. The van der Waals surface area contributed by atoms with Crippen molar-refractivity contribution in [3.63, 3.8) is 0 Å². The highest BCUT2D eigenvalue weighted by Gasteiger charge is 2.59. The molecule has 0 radical (unpaired) electrons. The number of anilines is 6. The molecule has 360 valence electrons. The Balaban J connectivity index is 1.22. The van der Waals surface area contributed by atoms with Gasteiger partial charge in [0.25, 0.3) is 0 Å². The Morgan fingerprint density at radius 3 is 1.08 bits per heavy atom. The zero-order chi connectivity index (χ0) is 50.3. The van der Waals surface area contributed by atoms with E-state index in [0.717, 1.165) is 34.1 Å². The zero-order valence-electron chi connectivity index (χ0n) is 44.9. The van der Waals surface area contributed by atoms with Gasteiger partial charge < -0.3 is 9.80 Å². The molecule has 0 heterocycles. The average Bonchev–Trinajstić information content (AvgIpc) is 3.69. The van der Waals surface area contributed by atoms with Gasteiger partial charge in [-0.05, 0) is 184 Å². The van der Waals surface area contributed by atoms with Crippen LogP contribution in [-0.4, -0.2) is 0 Å². The van der Waals surface area contributed by atoms with E-state index in [2.05, 4.69) is 277 Å². The van der Waals surface area contributed by atoms with Crippen molar-refractivity contribution in [3.05, 3.63) is 203 Å². The quantitative estimate of drug-likeness (QED) is 0.126. The second-order valence-corrected chi connectivity index (χ2v) is 23.8. The molecule has 0 amide bonds. The summed E-state index contributed by atoms with van der Waals surface area (Å²) in [6.07, 6.45) is 0. The molecule has 10 rings (SSSR count). The van der Waals surface area contributed by atoms with Gasteiger partial charge in [-0.2, -0.15) is 0 Å². The number of rotatable bonds is 10. The molecule has 2 nitrogen and oxygen atoms in total. The molecule has 0 spiro atoms. The molecule has 71 heavy (non-hydrogen) atoms. The minimum absolute atomic E-state index is 0.184. The molecule has 0 N–H and O–H groups in total. The van der Waals surface area contributed by atoms with E-state index >= 15 is 0 Å². The van der Waals surface area contributed by atoms with Gasteiger partial charge >= 0.3 is 0 Å². The normalized spacial score (nSPS) is 13.5. The van der Waals surface area contributed by atoms with Crippen molar-refractivity contribution in [1.82, 2.24) is 0 Å². The Kier molecular flexibility index (Phi) is 12.1. The van der Waals surface area contributed by atoms with Crippen LogP contribution in [0.1, 0.15) is 154 Å². The summed E-state index contributed by atoms with van der Waals surface area (Å²) in [6, 6.07) is 65.5. The molecule has 0 aromatic heterocycles. The predicted molar refractivity (Wildman–Crippen MR) is 310 cm³/mol. The Morgan fingerprint density at radius 1 is 0.324 bits per heavy atom. The Bertz CT molecular complexity index is 3290. The lowest BCUT2D eigenvalue weighted by atomic mass is 9.49. The number of hydrogen-bond acceptors (Lipinski definition) is 2. The van der Waals surface area contributed by atoms with Gasteiger partial charge in [-0.1, -0.05) is 194 Å². The Morgan fingerprint density at radius 2 is 0.690 bits per heavy atom. The van der Waals surface area contributed by atoms with Gasteiger partial charge in [0.05, 0.1) is 0 Å². The van der Waals surface area contributed by atoms with Gasteiger partial charge in [-0.3, -0.25) is 0 Å². The highest BCUT2D eigenvalue weighted by atomic mass is 15.1. The predicted octanol–water partition coefficient (Wildman–Crippen LogP) is 20.9. The molecule has 0 atom stereocenters. The molecular weight excluding hydrogens is 857 g/mol. The van der Waals surface area contributed by atoms with Crippen molar-refractivity contribution >= 4 is 66.4 Å². The van der Waals surface area contributed by atoms with E-state index in [-0.39, 0.29) is 16.2 Å². The summed E-state index contributed by atoms with van der Waals surface area (Å²) in [5.74, 6) is 1.85. The standard InChI is InChI=1S/C69H74N2/c1-43(2)47-19-28-52(29-20-47)70(53-30-21-48(22-31-53)44(3)4)56-36-39-58-51(41-56)27-38-62-64-60-18-16-15-17-59(60)63-42-57(37-40-61(63)66(64)69(65(58)62,67(9,10)11)68(12,13)14)71(54-32-23-49(24-33-54)45(5)6)55-34-25-50(26-35-55)46(7)8/h15-46H,1-14H3. The summed E-state index contributed by atoms with van der Waals surface area (Å²) in [4.78, 5) is 4.90. The monoisotopic (exact) mass is 931 g/mol. The van der Waals surface area contributed by atoms with Gasteiger partial charge in [0.2, 0.25) is 0 Å². The summed E-state index contributed by atoms with van der Waals surface area (Å²) in [5.41, 5.74) is 17.2. The molecule has 0 bridgehead atoms. The lowest BCUT2D eigenvalue weighted by Gasteiger charge is -2.54. The van der Waals surface area contributed by atoms with E-state index in [0.29, 0.717) is 23.7 Å². The number of fused-ring (bicyclic) bond motifs is 10. The summed E-state index contributed by atoms with van der Waals surface area (Å²) in [5, 5.41) is 7.81. The molecule has 9 aromatic rings. The topological polar surface area (TPSA) is 6.48 Å². The van der Waals surface area contributed by atoms with Crippen LogP contribution in [0, 0.1) is 10.8 Å². The summed E-state index contributed by atoms with van der Waals surface area (Å²) < 4.78 is 0. The first-order chi connectivity index (χ1) is 33.8. The van der Waals surface area contributed by atoms with Crippen LogP contribution in [-0.2, 0) is 5.41 Å². The number of hydrogen-bond donors (Lipinski definition) is 0. The molecule has 0 aliphatic heterocycles. The third kappa shape index (κ3) is 7.94. The molecule has 1 aliphatic rings. The van der Waals surface area contributed by atoms with Gasteiger partial charge in [0.1, 0.15) is 0 Å². The molecule has 0 saturated heterocycles. The first-order valence-electron chi connectivity index (χ1n) is 26.4. The van der Waals surface area contributed by atoms with E-state index in [1.165, 1.54) is 76.8 Å². The smallest absolute Gasteiger partial charge is 0.0468 e. The molecule has 0 unspecified atom stereocenters.